The number of anilines is 1. The first-order chi connectivity index (χ1) is 15.7. The lowest BCUT2D eigenvalue weighted by atomic mass is 10.0. The van der Waals surface area contributed by atoms with Gasteiger partial charge in [-0.25, -0.2) is 0 Å². The van der Waals surface area contributed by atoms with E-state index in [4.69, 9.17) is 14.2 Å². The van der Waals surface area contributed by atoms with Crippen LogP contribution in [0.4, 0.5) is 5.69 Å². The third kappa shape index (κ3) is 4.81. The molecule has 1 aromatic heterocycles. The Morgan fingerprint density at radius 2 is 1.56 bits per heavy atom. The SMILES string of the molecule is COc1cc(-c2cncc(CN(c3ccccc3)C3CCNCC3)c2)cc(OC)c1OC. The predicted molar refractivity (Wildman–Crippen MR) is 128 cm³/mol. The minimum absolute atomic E-state index is 0.503. The molecule has 6 nitrogen and oxygen atoms in total. The van der Waals surface area contributed by atoms with Crippen LogP contribution in [0, 0.1) is 0 Å². The molecule has 0 saturated carbocycles. The van der Waals surface area contributed by atoms with Gasteiger partial charge in [0, 0.05) is 36.2 Å². The molecule has 0 atom stereocenters. The van der Waals surface area contributed by atoms with E-state index >= 15 is 0 Å². The number of nitrogens with zero attached hydrogens (tertiary/aromatic N) is 2. The third-order valence-electron chi connectivity index (χ3n) is 5.98. The van der Waals surface area contributed by atoms with Crippen molar-refractivity contribution >= 4 is 5.69 Å². The molecule has 0 unspecified atom stereocenters. The molecule has 1 aliphatic heterocycles. The highest BCUT2D eigenvalue weighted by molar-refractivity contribution is 5.71. The number of rotatable bonds is 8. The molecule has 0 aliphatic carbocycles. The van der Waals surface area contributed by atoms with Crippen molar-refractivity contribution in [1.82, 2.24) is 10.3 Å². The van der Waals surface area contributed by atoms with E-state index in [-0.39, 0.29) is 0 Å². The molecule has 1 fully saturated rings. The summed E-state index contributed by atoms with van der Waals surface area (Å²) in [4.78, 5) is 7.07. The van der Waals surface area contributed by atoms with Crippen molar-refractivity contribution in [2.45, 2.75) is 25.4 Å². The third-order valence-corrected chi connectivity index (χ3v) is 5.98. The number of pyridine rings is 1. The van der Waals surface area contributed by atoms with Gasteiger partial charge >= 0.3 is 0 Å². The molecule has 1 aliphatic rings. The number of hydrogen-bond acceptors (Lipinski definition) is 6. The van der Waals surface area contributed by atoms with Crippen LogP contribution in [-0.4, -0.2) is 45.4 Å². The van der Waals surface area contributed by atoms with Crippen molar-refractivity contribution in [1.29, 1.82) is 0 Å². The van der Waals surface area contributed by atoms with Crippen LogP contribution in [0.25, 0.3) is 11.1 Å². The Labute approximate surface area is 190 Å². The zero-order chi connectivity index (χ0) is 22.3. The lowest BCUT2D eigenvalue weighted by molar-refractivity contribution is 0.324. The highest BCUT2D eigenvalue weighted by Crippen LogP contribution is 2.41. The number of benzene rings is 2. The minimum atomic E-state index is 0.503. The minimum Gasteiger partial charge on any atom is -0.493 e. The van der Waals surface area contributed by atoms with E-state index in [2.05, 4.69) is 51.6 Å². The van der Waals surface area contributed by atoms with Crippen LogP contribution in [0.2, 0.25) is 0 Å². The lowest BCUT2D eigenvalue weighted by Gasteiger charge is -2.36. The Hall–Kier alpha value is -3.25. The molecule has 4 rings (SSSR count). The van der Waals surface area contributed by atoms with Gasteiger partial charge in [0.05, 0.1) is 21.3 Å². The van der Waals surface area contributed by atoms with Crippen LogP contribution in [0.1, 0.15) is 18.4 Å². The molecule has 2 aromatic carbocycles. The fourth-order valence-corrected chi connectivity index (χ4v) is 4.35. The van der Waals surface area contributed by atoms with Gasteiger partial charge in [-0.3, -0.25) is 4.98 Å². The number of ether oxygens (including phenoxy) is 3. The Kier molecular flexibility index (Phi) is 7.12. The molecule has 0 amide bonds. The van der Waals surface area contributed by atoms with Gasteiger partial charge in [0.2, 0.25) is 5.75 Å². The normalized spacial score (nSPS) is 14.1. The number of nitrogens with one attached hydrogen (secondary N) is 1. The average Bonchev–Trinajstić information content (AvgIpc) is 2.87. The maximum Gasteiger partial charge on any atom is 0.203 e. The zero-order valence-corrected chi connectivity index (χ0v) is 19.0. The maximum absolute atomic E-state index is 5.53. The second-order valence-corrected chi connectivity index (χ2v) is 7.94. The van der Waals surface area contributed by atoms with Gasteiger partial charge in [-0.2, -0.15) is 0 Å². The van der Waals surface area contributed by atoms with Gasteiger partial charge in [-0.05, 0) is 67.4 Å². The van der Waals surface area contributed by atoms with Crippen molar-refractivity contribution in [3.8, 4) is 28.4 Å². The first kappa shape index (κ1) is 22.0. The van der Waals surface area contributed by atoms with Gasteiger partial charge < -0.3 is 24.4 Å². The summed E-state index contributed by atoms with van der Waals surface area (Å²) in [6.45, 7) is 2.91. The highest BCUT2D eigenvalue weighted by atomic mass is 16.5. The van der Waals surface area contributed by atoms with Crippen molar-refractivity contribution in [2.24, 2.45) is 0 Å². The molecule has 1 N–H and O–H groups in total. The summed E-state index contributed by atoms with van der Waals surface area (Å²) < 4.78 is 16.5. The molecule has 1 saturated heterocycles. The summed E-state index contributed by atoms with van der Waals surface area (Å²) in [5.74, 6) is 1.85. The summed E-state index contributed by atoms with van der Waals surface area (Å²) in [5.41, 5.74) is 4.40. The number of methoxy groups -OCH3 is 3. The van der Waals surface area contributed by atoms with Crippen LogP contribution >= 0.6 is 0 Å². The van der Waals surface area contributed by atoms with Crippen LogP contribution in [0.15, 0.2) is 60.9 Å². The van der Waals surface area contributed by atoms with E-state index in [1.54, 1.807) is 21.3 Å². The first-order valence-corrected chi connectivity index (χ1v) is 11.0. The van der Waals surface area contributed by atoms with Crippen LogP contribution in [-0.2, 0) is 6.54 Å². The van der Waals surface area contributed by atoms with Crippen molar-refractivity contribution in [2.75, 3.05) is 39.3 Å². The topological polar surface area (TPSA) is 55.9 Å². The van der Waals surface area contributed by atoms with Gasteiger partial charge in [0.1, 0.15) is 0 Å². The zero-order valence-electron chi connectivity index (χ0n) is 19.0. The Morgan fingerprint density at radius 1 is 0.875 bits per heavy atom. The second-order valence-electron chi connectivity index (χ2n) is 7.94. The number of hydrogen-bond donors (Lipinski definition) is 1. The quantitative estimate of drug-likeness (QED) is 0.563. The summed E-state index contributed by atoms with van der Waals surface area (Å²) >= 11 is 0. The monoisotopic (exact) mass is 433 g/mol. The van der Waals surface area contributed by atoms with E-state index in [1.807, 2.05) is 24.5 Å². The summed E-state index contributed by atoms with van der Waals surface area (Å²) in [7, 11) is 4.88. The summed E-state index contributed by atoms with van der Waals surface area (Å²) in [6.07, 6.45) is 6.10. The van der Waals surface area contributed by atoms with Gasteiger partial charge in [-0.15, -0.1) is 0 Å². The van der Waals surface area contributed by atoms with E-state index in [1.165, 1.54) is 11.3 Å². The number of piperidine rings is 1. The molecule has 0 spiro atoms. The molecule has 2 heterocycles. The second kappa shape index (κ2) is 10.4. The summed E-state index contributed by atoms with van der Waals surface area (Å²) in [5, 5.41) is 3.47. The first-order valence-electron chi connectivity index (χ1n) is 11.0. The highest BCUT2D eigenvalue weighted by Gasteiger charge is 2.22. The fraction of sp³-hybridized carbons (Fsp3) is 0.346. The van der Waals surface area contributed by atoms with Crippen molar-refractivity contribution in [3.05, 3.63) is 66.5 Å². The van der Waals surface area contributed by atoms with Gasteiger partial charge in [-0.1, -0.05) is 18.2 Å². The van der Waals surface area contributed by atoms with Crippen LogP contribution in [0.5, 0.6) is 17.2 Å². The average molecular weight is 434 g/mol. The number of para-hydroxylation sites is 1. The molecular weight excluding hydrogens is 402 g/mol. The largest absolute Gasteiger partial charge is 0.493 e. The molecule has 0 radical (unpaired) electrons. The molecule has 3 aromatic rings. The molecule has 168 valence electrons. The fourth-order valence-electron chi connectivity index (χ4n) is 4.35. The standard InChI is InChI=1S/C26H31N3O3/c1-30-24-14-20(15-25(31-2)26(24)32-3)21-13-19(16-28-17-21)18-29(22-7-5-4-6-8-22)23-9-11-27-12-10-23/h4-8,13-17,23,27H,9-12,18H2,1-3H3. The number of aromatic nitrogens is 1. The molecule has 0 bridgehead atoms. The van der Waals surface area contributed by atoms with Crippen molar-refractivity contribution in [3.63, 3.8) is 0 Å². The Balaban J connectivity index is 1.66. The predicted octanol–water partition coefficient (Wildman–Crippen LogP) is 4.53. The van der Waals surface area contributed by atoms with E-state index in [0.29, 0.717) is 23.3 Å². The maximum atomic E-state index is 5.53. The summed E-state index contributed by atoms with van der Waals surface area (Å²) in [6, 6.07) is 17.3. The molecular formula is C26H31N3O3. The van der Waals surface area contributed by atoms with Crippen LogP contribution < -0.4 is 24.4 Å². The molecule has 6 heteroatoms. The van der Waals surface area contributed by atoms with E-state index in [0.717, 1.165) is 43.6 Å². The Bertz CT molecular complexity index is 995. The van der Waals surface area contributed by atoms with Gasteiger partial charge in [0.25, 0.3) is 0 Å². The van der Waals surface area contributed by atoms with E-state index < -0.39 is 0 Å². The smallest absolute Gasteiger partial charge is 0.203 e. The van der Waals surface area contributed by atoms with Crippen molar-refractivity contribution < 1.29 is 14.2 Å². The Morgan fingerprint density at radius 3 is 2.19 bits per heavy atom. The molecule has 32 heavy (non-hydrogen) atoms. The van der Waals surface area contributed by atoms with E-state index in [9.17, 15) is 0 Å². The van der Waals surface area contributed by atoms with Crippen LogP contribution in [0.3, 0.4) is 0 Å². The lowest BCUT2D eigenvalue weighted by Crippen LogP contribution is -2.43. The van der Waals surface area contributed by atoms with Gasteiger partial charge in [0.15, 0.2) is 11.5 Å².